The number of hydrogen-bond donors (Lipinski definition) is 1. The summed E-state index contributed by atoms with van der Waals surface area (Å²) in [5.74, 6) is -1.06. The van der Waals surface area contributed by atoms with Crippen molar-refractivity contribution in [3.8, 4) is 0 Å². The number of amides is 2. The van der Waals surface area contributed by atoms with Gasteiger partial charge in [0.2, 0.25) is 5.91 Å². The van der Waals surface area contributed by atoms with Gasteiger partial charge in [-0.05, 0) is 48.0 Å². The molecule has 7 nitrogen and oxygen atoms in total. The van der Waals surface area contributed by atoms with Gasteiger partial charge in [-0.2, -0.15) is 0 Å². The van der Waals surface area contributed by atoms with Crippen LogP contribution in [0.1, 0.15) is 12.0 Å². The highest BCUT2D eigenvalue weighted by molar-refractivity contribution is 8.26. The second-order valence-electron chi connectivity index (χ2n) is 5.99. The molecule has 1 aliphatic heterocycles. The number of nitrogens with one attached hydrogen (secondary N) is 1. The minimum atomic E-state index is -0.500. The molecule has 2 amide bonds. The summed E-state index contributed by atoms with van der Waals surface area (Å²) in [4.78, 5) is 36.6. The Kier molecular flexibility index (Phi) is 6.35. The zero-order valence-corrected chi connectivity index (χ0v) is 16.5. The zero-order chi connectivity index (χ0) is 21.0. The molecule has 29 heavy (non-hydrogen) atoms. The van der Waals surface area contributed by atoms with Gasteiger partial charge in [-0.1, -0.05) is 24.0 Å². The zero-order valence-electron chi connectivity index (χ0n) is 14.8. The normalized spacial score (nSPS) is 15.1. The summed E-state index contributed by atoms with van der Waals surface area (Å²) in [6.45, 7) is 0.106. The first-order chi connectivity index (χ1) is 13.8. The van der Waals surface area contributed by atoms with E-state index in [1.165, 1.54) is 41.3 Å². The van der Waals surface area contributed by atoms with Crippen LogP contribution >= 0.6 is 24.0 Å². The van der Waals surface area contributed by atoms with Crippen LogP contribution in [-0.2, 0) is 9.59 Å². The number of nitro groups is 1. The molecule has 0 bridgehead atoms. The topological polar surface area (TPSA) is 92.5 Å². The van der Waals surface area contributed by atoms with E-state index in [1.54, 1.807) is 18.2 Å². The van der Waals surface area contributed by atoms with Crippen molar-refractivity contribution < 1.29 is 18.9 Å². The molecular weight excluding hydrogens is 417 g/mol. The van der Waals surface area contributed by atoms with Crippen molar-refractivity contribution >= 4 is 57.6 Å². The van der Waals surface area contributed by atoms with E-state index in [2.05, 4.69) is 5.32 Å². The molecule has 3 rings (SSSR count). The molecular formula is C19H14FN3O4S2. The molecule has 1 aliphatic rings. The van der Waals surface area contributed by atoms with Crippen LogP contribution in [-0.4, -0.2) is 32.5 Å². The van der Waals surface area contributed by atoms with E-state index in [4.69, 9.17) is 12.2 Å². The number of carbonyl (C=O) groups excluding carboxylic acids is 2. The number of hydrogen-bond acceptors (Lipinski definition) is 6. The van der Waals surface area contributed by atoms with E-state index < -0.39 is 10.7 Å². The minimum Gasteiger partial charge on any atom is -0.326 e. The number of carbonyl (C=O) groups is 2. The number of halogens is 1. The average molecular weight is 431 g/mol. The monoisotopic (exact) mass is 431 g/mol. The molecule has 0 spiro atoms. The summed E-state index contributed by atoms with van der Waals surface area (Å²) in [7, 11) is 0. The maximum atomic E-state index is 12.9. The number of non-ortho nitro benzene ring substituents is 1. The summed E-state index contributed by atoms with van der Waals surface area (Å²) in [5, 5.41) is 13.3. The highest BCUT2D eigenvalue weighted by Gasteiger charge is 2.32. The molecule has 0 unspecified atom stereocenters. The fourth-order valence-corrected chi connectivity index (χ4v) is 3.82. The van der Waals surface area contributed by atoms with Crippen LogP contribution in [0.25, 0.3) is 6.08 Å². The van der Waals surface area contributed by atoms with Crippen LogP contribution < -0.4 is 5.32 Å². The number of rotatable bonds is 6. The van der Waals surface area contributed by atoms with Crippen LogP contribution in [0.3, 0.4) is 0 Å². The molecule has 10 heteroatoms. The first kappa shape index (κ1) is 20.6. The fourth-order valence-electron chi connectivity index (χ4n) is 2.51. The minimum absolute atomic E-state index is 0.0224. The van der Waals surface area contributed by atoms with Gasteiger partial charge in [-0.3, -0.25) is 24.6 Å². The Balaban J connectivity index is 1.60. The smallest absolute Gasteiger partial charge is 0.269 e. The molecule has 2 aromatic rings. The largest absolute Gasteiger partial charge is 0.326 e. The molecule has 1 N–H and O–H groups in total. The van der Waals surface area contributed by atoms with E-state index in [-0.39, 0.29) is 30.5 Å². The summed E-state index contributed by atoms with van der Waals surface area (Å²) >= 11 is 6.33. The van der Waals surface area contributed by atoms with Crippen molar-refractivity contribution in [1.82, 2.24) is 4.90 Å². The van der Waals surface area contributed by atoms with Gasteiger partial charge in [-0.15, -0.1) is 0 Å². The lowest BCUT2D eigenvalue weighted by atomic mass is 10.2. The lowest BCUT2D eigenvalue weighted by Gasteiger charge is -2.14. The first-order valence-electron chi connectivity index (χ1n) is 8.39. The third-order valence-electron chi connectivity index (χ3n) is 3.97. The van der Waals surface area contributed by atoms with Gasteiger partial charge >= 0.3 is 0 Å². The van der Waals surface area contributed by atoms with Gasteiger partial charge in [0.05, 0.1) is 9.83 Å². The van der Waals surface area contributed by atoms with Crippen molar-refractivity contribution in [1.29, 1.82) is 0 Å². The lowest BCUT2D eigenvalue weighted by Crippen LogP contribution is -2.31. The number of nitro benzene ring substituents is 1. The Morgan fingerprint density at radius 1 is 1.21 bits per heavy atom. The van der Waals surface area contributed by atoms with Crippen molar-refractivity contribution in [3.63, 3.8) is 0 Å². The van der Waals surface area contributed by atoms with Gasteiger partial charge in [0.1, 0.15) is 10.1 Å². The van der Waals surface area contributed by atoms with Gasteiger partial charge in [-0.25, -0.2) is 4.39 Å². The van der Waals surface area contributed by atoms with Gasteiger partial charge in [0.25, 0.3) is 11.6 Å². The maximum Gasteiger partial charge on any atom is 0.269 e. The third kappa shape index (κ3) is 5.24. The first-order valence-corrected chi connectivity index (χ1v) is 9.61. The molecule has 0 saturated carbocycles. The standard InChI is InChI=1S/C19H14FN3O4S2/c20-13-3-5-14(6-4-13)21-17(24)9-10-22-18(25)16(29-19(22)28)11-12-1-7-15(8-2-12)23(26)27/h1-8,11H,9-10H2,(H,21,24)/b16-11-. The van der Waals surface area contributed by atoms with Crippen LogP contribution in [0.5, 0.6) is 0 Å². The predicted octanol–water partition coefficient (Wildman–Crippen LogP) is 3.96. The average Bonchev–Trinajstić information content (AvgIpc) is 2.95. The predicted molar refractivity (Wildman–Crippen MR) is 113 cm³/mol. The number of thioether (sulfide) groups is 1. The molecule has 0 radical (unpaired) electrons. The van der Waals surface area contributed by atoms with Crippen LogP contribution in [0.4, 0.5) is 15.8 Å². The Morgan fingerprint density at radius 2 is 1.86 bits per heavy atom. The van der Waals surface area contributed by atoms with E-state index in [9.17, 15) is 24.1 Å². The Labute approximate surface area is 174 Å². The van der Waals surface area contributed by atoms with Gasteiger partial charge in [0, 0.05) is 30.8 Å². The summed E-state index contributed by atoms with van der Waals surface area (Å²) in [6.07, 6.45) is 1.62. The lowest BCUT2D eigenvalue weighted by molar-refractivity contribution is -0.384. The van der Waals surface area contributed by atoms with Gasteiger partial charge < -0.3 is 5.32 Å². The Hall–Kier alpha value is -3.11. The molecule has 0 atom stereocenters. The second kappa shape index (κ2) is 8.93. The van der Waals surface area contributed by atoms with E-state index in [1.807, 2.05) is 0 Å². The highest BCUT2D eigenvalue weighted by atomic mass is 32.2. The quantitative estimate of drug-likeness (QED) is 0.322. The number of anilines is 1. The molecule has 1 heterocycles. The van der Waals surface area contributed by atoms with Crippen LogP contribution in [0.15, 0.2) is 53.4 Å². The van der Waals surface area contributed by atoms with Gasteiger partial charge in [0.15, 0.2) is 0 Å². The van der Waals surface area contributed by atoms with E-state index in [0.29, 0.717) is 20.5 Å². The highest BCUT2D eigenvalue weighted by Crippen LogP contribution is 2.32. The molecule has 0 aliphatic carbocycles. The summed E-state index contributed by atoms with van der Waals surface area (Å²) < 4.78 is 13.2. The van der Waals surface area contributed by atoms with Crippen LogP contribution in [0.2, 0.25) is 0 Å². The van der Waals surface area contributed by atoms with Crippen molar-refractivity contribution in [3.05, 3.63) is 74.9 Å². The summed E-state index contributed by atoms with van der Waals surface area (Å²) in [6, 6.07) is 11.2. The molecule has 148 valence electrons. The van der Waals surface area contributed by atoms with Crippen molar-refractivity contribution in [2.24, 2.45) is 0 Å². The fraction of sp³-hybridized carbons (Fsp3) is 0.105. The molecule has 1 fully saturated rings. The molecule has 2 aromatic carbocycles. The molecule has 0 aromatic heterocycles. The third-order valence-corrected chi connectivity index (χ3v) is 5.34. The Morgan fingerprint density at radius 3 is 2.48 bits per heavy atom. The van der Waals surface area contributed by atoms with Crippen molar-refractivity contribution in [2.45, 2.75) is 6.42 Å². The van der Waals surface area contributed by atoms with Crippen molar-refractivity contribution in [2.75, 3.05) is 11.9 Å². The SMILES string of the molecule is O=C(CCN1C(=O)/C(=C/c2ccc([N+](=O)[O-])cc2)SC1=S)Nc1ccc(F)cc1. The summed E-state index contributed by atoms with van der Waals surface area (Å²) in [5.41, 5.74) is 1.05. The number of nitrogens with zero attached hydrogens (tertiary/aromatic N) is 2. The van der Waals surface area contributed by atoms with E-state index >= 15 is 0 Å². The second-order valence-corrected chi connectivity index (χ2v) is 7.66. The Bertz CT molecular complexity index is 1010. The van der Waals surface area contributed by atoms with Crippen LogP contribution in [0, 0.1) is 15.9 Å². The van der Waals surface area contributed by atoms with E-state index in [0.717, 1.165) is 11.8 Å². The number of thiocarbonyl (C=S) groups is 1. The maximum absolute atomic E-state index is 12.9. The number of benzene rings is 2. The molecule has 1 saturated heterocycles.